The fraction of sp³-hybridized carbons (Fsp3) is 0.500. The number of hydrogen-bond acceptors (Lipinski definition) is 3. The van der Waals surface area contributed by atoms with Crippen LogP contribution in [0.15, 0.2) is 18.2 Å². The maximum atomic E-state index is 12.6. The maximum absolute atomic E-state index is 12.6. The van der Waals surface area contributed by atoms with Gasteiger partial charge in [-0.2, -0.15) is 5.26 Å². The van der Waals surface area contributed by atoms with Crippen LogP contribution in [-0.4, -0.2) is 11.6 Å². The molecule has 1 aromatic carbocycles. The van der Waals surface area contributed by atoms with Crippen molar-refractivity contribution in [2.75, 3.05) is 0 Å². The van der Waals surface area contributed by atoms with Gasteiger partial charge in [0.25, 0.3) is 0 Å². The number of ketones is 2. The minimum Gasteiger partial charge on any atom is -0.298 e. The molecule has 0 heterocycles. The van der Waals surface area contributed by atoms with Crippen molar-refractivity contribution >= 4 is 11.6 Å². The van der Waals surface area contributed by atoms with Crippen molar-refractivity contribution in [3.8, 4) is 6.07 Å². The normalized spacial score (nSPS) is 26.0. The van der Waals surface area contributed by atoms with Crippen LogP contribution in [0.25, 0.3) is 0 Å². The van der Waals surface area contributed by atoms with Crippen molar-refractivity contribution in [2.45, 2.75) is 46.0 Å². The molecule has 1 fully saturated rings. The molecule has 1 aliphatic carbocycles. The predicted octanol–water partition coefficient (Wildman–Crippen LogP) is 3.58. The molecule has 1 saturated carbocycles. The van der Waals surface area contributed by atoms with Gasteiger partial charge in [0.15, 0.2) is 11.6 Å². The number of carbonyl (C=O) groups excluding carboxylic acids is 2. The third kappa shape index (κ3) is 2.63. The molecule has 1 aliphatic rings. The van der Waals surface area contributed by atoms with Crippen molar-refractivity contribution in [1.29, 1.82) is 5.26 Å². The van der Waals surface area contributed by atoms with Gasteiger partial charge in [-0.25, -0.2) is 0 Å². The first-order valence-electron chi connectivity index (χ1n) is 7.48. The third-order valence-electron chi connectivity index (χ3n) is 4.42. The Morgan fingerprint density at radius 3 is 2.19 bits per heavy atom. The highest BCUT2D eigenvalue weighted by atomic mass is 16.2. The molecule has 0 bridgehead atoms. The van der Waals surface area contributed by atoms with Gasteiger partial charge in [-0.05, 0) is 29.5 Å². The Bertz CT molecular complexity index is 605. The van der Waals surface area contributed by atoms with Crippen LogP contribution in [0.1, 0.15) is 62.6 Å². The molecule has 0 amide bonds. The van der Waals surface area contributed by atoms with Gasteiger partial charge in [0.05, 0.1) is 11.6 Å². The Kier molecular flexibility index (Phi) is 4.27. The summed E-state index contributed by atoms with van der Waals surface area (Å²) < 4.78 is 0. The number of hydrogen-bond donors (Lipinski definition) is 0. The Morgan fingerprint density at radius 2 is 1.71 bits per heavy atom. The molecule has 0 N–H and O–H groups in total. The number of benzene rings is 1. The Balaban J connectivity index is 2.66. The van der Waals surface area contributed by atoms with Gasteiger partial charge < -0.3 is 0 Å². The van der Waals surface area contributed by atoms with Crippen LogP contribution in [-0.2, 0) is 9.59 Å². The van der Waals surface area contributed by atoms with Crippen molar-refractivity contribution < 1.29 is 9.59 Å². The molecule has 0 spiro atoms. The third-order valence-corrected chi connectivity index (χ3v) is 4.42. The highest BCUT2D eigenvalue weighted by Gasteiger charge is 2.42. The van der Waals surface area contributed by atoms with Gasteiger partial charge in [-0.1, -0.05) is 39.8 Å². The van der Waals surface area contributed by atoms with Gasteiger partial charge in [-0.3, -0.25) is 9.59 Å². The van der Waals surface area contributed by atoms with E-state index < -0.39 is 5.92 Å². The zero-order chi connectivity index (χ0) is 15.7. The lowest BCUT2D eigenvalue weighted by molar-refractivity contribution is -0.137. The smallest absolute Gasteiger partial charge is 0.150 e. The summed E-state index contributed by atoms with van der Waals surface area (Å²) in [4.78, 5) is 25.2. The molecule has 21 heavy (non-hydrogen) atoms. The SMILES string of the molecule is CC1CC(C)C(=O)C(c2c(C#N)cccc2C(C)C)C1=O. The minimum atomic E-state index is -0.767. The van der Waals surface area contributed by atoms with E-state index in [-0.39, 0.29) is 29.3 Å². The molecule has 2 rings (SSSR count). The van der Waals surface area contributed by atoms with E-state index in [0.717, 1.165) is 5.56 Å². The number of nitriles is 1. The maximum Gasteiger partial charge on any atom is 0.150 e. The van der Waals surface area contributed by atoms with E-state index in [1.165, 1.54) is 0 Å². The molecule has 0 aromatic heterocycles. The molecule has 3 nitrogen and oxygen atoms in total. The fourth-order valence-corrected chi connectivity index (χ4v) is 3.26. The quantitative estimate of drug-likeness (QED) is 0.779. The summed E-state index contributed by atoms with van der Waals surface area (Å²) in [6, 6.07) is 7.60. The number of carbonyl (C=O) groups is 2. The zero-order valence-corrected chi connectivity index (χ0v) is 13.0. The number of rotatable bonds is 2. The van der Waals surface area contributed by atoms with Gasteiger partial charge in [0.2, 0.25) is 0 Å². The molecule has 110 valence electrons. The second-order valence-corrected chi connectivity index (χ2v) is 6.35. The van der Waals surface area contributed by atoms with Crippen molar-refractivity contribution in [3.63, 3.8) is 0 Å². The Labute approximate surface area is 126 Å². The van der Waals surface area contributed by atoms with Crippen molar-refractivity contribution in [1.82, 2.24) is 0 Å². The monoisotopic (exact) mass is 283 g/mol. The van der Waals surface area contributed by atoms with Crippen molar-refractivity contribution in [2.24, 2.45) is 11.8 Å². The highest BCUT2D eigenvalue weighted by molar-refractivity contribution is 6.11. The first-order chi connectivity index (χ1) is 9.88. The molecular weight excluding hydrogens is 262 g/mol. The molecule has 0 saturated heterocycles. The largest absolute Gasteiger partial charge is 0.298 e. The van der Waals surface area contributed by atoms with Gasteiger partial charge in [0.1, 0.15) is 5.92 Å². The summed E-state index contributed by atoms with van der Waals surface area (Å²) in [7, 11) is 0. The van der Waals surface area contributed by atoms with Gasteiger partial charge in [0, 0.05) is 11.8 Å². The lowest BCUT2D eigenvalue weighted by Gasteiger charge is -2.31. The molecule has 0 aliphatic heterocycles. The highest BCUT2D eigenvalue weighted by Crippen LogP contribution is 2.38. The summed E-state index contributed by atoms with van der Waals surface area (Å²) in [5.41, 5.74) is 2.03. The van der Waals surface area contributed by atoms with E-state index in [4.69, 9.17) is 0 Å². The van der Waals surface area contributed by atoms with Crippen LogP contribution in [0.4, 0.5) is 0 Å². The molecule has 2 unspecified atom stereocenters. The number of Topliss-reactive ketones (excluding diaryl/α,β-unsaturated/α-hetero) is 2. The molecule has 0 radical (unpaired) electrons. The van der Waals surface area contributed by atoms with Gasteiger partial charge in [-0.15, -0.1) is 0 Å². The summed E-state index contributed by atoms with van der Waals surface area (Å²) in [6.07, 6.45) is 0.611. The average molecular weight is 283 g/mol. The Hall–Kier alpha value is -1.95. The molecule has 3 heteroatoms. The lowest BCUT2D eigenvalue weighted by Crippen LogP contribution is -2.38. The van der Waals surface area contributed by atoms with Gasteiger partial charge >= 0.3 is 0 Å². The van der Waals surface area contributed by atoms with Crippen LogP contribution >= 0.6 is 0 Å². The first kappa shape index (κ1) is 15.4. The lowest BCUT2D eigenvalue weighted by atomic mass is 9.69. The van der Waals surface area contributed by atoms with E-state index in [9.17, 15) is 14.9 Å². The van der Waals surface area contributed by atoms with Crippen LogP contribution in [0.5, 0.6) is 0 Å². The van der Waals surface area contributed by atoms with Crippen LogP contribution in [0.3, 0.4) is 0 Å². The zero-order valence-electron chi connectivity index (χ0n) is 13.0. The molecule has 2 atom stereocenters. The van der Waals surface area contributed by atoms with E-state index in [0.29, 0.717) is 17.5 Å². The van der Waals surface area contributed by atoms with E-state index in [1.807, 2.05) is 39.8 Å². The minimum absolute atomic E-state index is 0.0392. The summed E-state index contributed by atoms with van der Waals surface area (Å²) >= 11 is 0. The molecular formula is C18H21NO2. The summed E-state index contributed by atoms with van der Waals surface area (Å²) in [6.45, 7) is 7.79. The van der Waals surface area contributed by atoms with E-state index in [1.54, 1.807) is 6.07 Å². The molecule has 1 aromatic rings. The van der Waals surface area contributed by atoms with Crippen LogP contribution in [0, 0.1) is 23.2 Å². The average Bonchev–Trinajstić information content (AvgIpc) is 2.45. The standard InChI is InChI=1S/C18H21NO2/c1-10(2)14-7-5-6-13(9-19)15(14)16-17(20)11(3)8-12(4)18(16)21/h5-7,10-12,16H,8H2,1-4H3. The van der Waals surface area contributed by atoms with E-state index >= 15 is 0 Å². The fourth-order valence-electron chi connectivity index (χ4n) is 3.26. The summed E-state index contributed by atoms with van der Waals surface area (Å²) in [5, 5.41) is 9.39. The topological polar surface area (TPSA) is 57.9 Å². The van der Waals surface area contributed by atoms with Crippen molar-refractivity contribution in [3.05, 3.63) is 34.9 Å². The summed E-state index contributed by atoms with van der Waals surface area (Å²) in [5.74, 6) is -0.937. The van der Waals surface area contributed by atoms with Crippen LogP contribution < -0.4 is 0 Å². The number of nitrogens with zero attached hydrogens (tertiary/aromatic N) is 1. The second kappa shape index (κ2) is 5.81. The van der Waals surface area contributed by atoms with E-state index in [2.05, 4.69) is 6.07 Å². The first-order valence-corrected chi connectivity index (χ1v) is 7.48. The van der Waals surface area contributed by atoms with Crippen LogP contribution in [0.2, 0.25) is 0 Å². The second-order valence-electron chi connectivity index (χ2n) is 6.35. The Morgan fingerprint density at radius 1 is 1.14 bits per heavy atom. The predicted molar refractivity (Wildman–Crippen MR) is 80.9 cm³/mol.